The SMILES string of the molecule is Cc1c(NC(=O)OC[C@@H]2CCN[C@@H](CO)C2)cn2ncnc(Nc3ccc4c(cnn4Cc4cccc(F)c4)c3)c12. The highest BCUT2D eigenvalue weighted by Gasteiger charge is 2.23. The van der Waals surface area contributed by atoms with Gasteiger partial charge in [-0.1, -0.05) is 12.1 Å². The van der Waals surface area contributed by atoms with Crippen LogP contribution in [0.4, 0.5) is 26.4 Å². The third kappa shape index (κ3) is 5.83. The molecular formula is C29H31FN8O3. The number of nitrogens with zero attached hydrogens (tertiary/aromatic N) is 5. The Morgan fingerprint density at radius 2 is 2.15 bits per heavy atom. The minimum Gasteiger partial charge on any atom is -0.449 e. The number of rotatable bonds is 8. The predicted octanol–water partition coefficient (Wildman–Crippen LogP) is 4.23. The summed E-state index contributed by atoms with van der Waals surface area (Å²) >= 11 is 0. The maximum Gasteiger partial charge on any atom is 0.411 e. The summed E-state index contributed by atoms with van der Waals surface area (Å²) in [5.41, 5.74) is 4.64. The van der Waals surface area contributed by atoms with Gasteiger partial charge >= 0.3 is 6.09 Å². The van der Waals surface area contributed by atoms with Crippen molar-refractivity contribution >= 4 is 39.7 Å². The van der Waals surface area contributed by atoms with Crippen LogP contribution in [0.15, 0.2) is 61.2 Å². The fourth-order valence-electron chi connectivity index (χ4n) is 5.34. The number of piperidine rings is 1. The van der Waals surface area contributed by atoms with Gasteiger partial charge in [0.1, 0.15) is 17.7 Å². The minimum atomic E-state index is -0.536. The Morgan fingerprint density at radius 1 is 1.24 bits per heavy atom. The van der Waals surface area contributed by atoms with E-state index in [9.17, 15) is 14.3 Å². The van der Waals surface area contributed by atoms with Crippen molar-refractivity contribution in [2.24, 2.45) is 5.92 Å². The minimum absolute atomic E-state index is 0.0426. The van der Waals surface area contributed by atoms with Crippen molar-refractivity contribution in [2.75, 3.05) is 30.4 Å². The normalized spacial score (nSPS) is 17.1. The van der Waals surface area contributed by atoms with Gasteiger partial charge in [0.15, 0.2) is 5.82 Å². The molecule has 1 fully saturated rings. The molecule has 41 heavy (non-hydrogen) atoms. The second-order valence-corrected chi connectivity index (χ2v) is 10.3. The highest BCUT2D eigenvalue weighted by Crippen LogP contribution is 2.30. The first-order valence-electron chi connectivity index (χ1n) is 13.5. The van der Waals surface area contributed by atoms with Crippen LogP contribution in [0, 0.1) is 18.7 Å². The van der Waals surface area contributed by atoms with Crippen LogP contribution in [0.1, 0.15) is 24.0 Å². The number of benzene rings is 2. The summed E-state index contributed by atoms with van der Waals surface area (Å²) < 4.78 is 22.6. The van der Waals surface area contributed by atoms with Crippen LogP contribution in [-0.4, -0.2) is 61.4 Å². The molecule has 0 radical (unpaired) electrons. The van der Waals surface area contributed by atoms with Gasteiger partial charge < -0.3 is 20.5 Å². The van der Waals surface area contributed by atoms with Crippen LogP contribution in [-0.2, 0) is 11.3 Å². The molecule has 6 rings (SSSR count). The summed E-state index contributed by atoms with van der Waals surface area (Å²) in [6.45, 7) is 3.51. The Kier molecular flexibility index (Phi) is 7.49. The second kappa shape index (κ2) is 11.5. The number of hydrogen-bond acceptors (Lipinski definition) is 8. The zero-order valence-corrected chi connectivity index (χ0v) is 22.5. The van der Waals surface area contributed by atoms with E-state index in [1.807, 2.05) is 35.9 Å². The van der Waals surface area contributed by atoms with Crippen molar-refractivity contribution < 1.29 is 19.0 Å². The number of nitrogens with one attached hydrogen (secondary N) is 3. The molecule has 0 bridgehead atoms. The highest BCUT2D eigenvalue weighted by molar-refractivity contribution is 5.91. The lowest BCUT2D eigenvalue weighted by atomic mass is 9.94. The third-order valence-corrected chi connectivity index (χ3v) is 7.46. The lowest BCUT2D eigenvalue weighted by molar-refractivity contribution is 0.113. The van der Waals surface area contributed by atoms with Gasteiger partial charge in [-0.3, -0.25) is 10.00 Å². The number of aliphatic hydroxyl groups excluding tert-OH is 1. The monoisotopic (exact) mass is 558 g/mol. The summed E-state index contributed by atoms with van der Waals surface area (Å²) in [5.74, 6) is 0.516. The number of carbonyl (C=O) groups is 1. The van der Waals surface area contributed by atoms with E-state index in [4.69, 9.17) is 4.74 Å². The standard InChI is InChI=1S/C29H31FN8O3/c1-18-25(36-29(40)41-16-20-7-8-31-24(10-20)15-39)14-38-27(18)28(32-17-34-38)35-23-5-6-26-21(11-23)12-33-37(26)13-19-3-2-4-22(30)9-19/h2-6,9,11-12,14,17,20,24,31,39H,7-8,10,13,15-16H2,1H3,(H,36,40)(H,32,34,35)/t20-,24-/m1/s1. The molecule has 1 aliphatic heterocycles. The number of anilines is 3. The van der Waals surface area contributed by atoms with Gasteiger partial charge in [-0.2, -0.15) is 10.2 Å². The van der Waals surface area contributed by atoms with E-state index >= 15 is 0 Å². The smallest absolute Gasteiger partial charge is 0.411 e. The first-order valence-corrected chi connectivity index (χ1v) is 13.5. The Balaban J connectivity index is 1.15. The Labute approximate surface area is 235 Å². The molecule has 0 aliphatic carbocycles. The zero-order valence-electron chi connectivity index (χ0n) is 22.5. The lowest BCUT2D eigenvalue weighted by Gasteiger charge is -2.28. The molecule has 3 aromatic heterocycles. The Bertz CT molecular complexity index is 1700. The lowest BCUT2D eigenvalue weighted by Crippen LogP contribution is -2.41. The maximum absolute atomic E-state index is 13.6. The van der Waals surface area contributed by atoms with Crippen molar-refractivity contribution in [2.45, 2.75) is 32.4 Å². The van der Waals surface area contributed by atoms with E-state index in [1.54, 1.807) is 23.0 Å². The molecule has 1 saturated heterocycles. The van der Waals surface area contributed by atoms with E-state index < -0.39 is 6.09 Å². The molecule has 212 valence electrons. The Hall–Kier alpha value is -4.55. The molecule has 2 aromatic carbocycles. The number of halogens is 1. The van der Waals surface area contributed by atoms with E-state index in [-0.39, 0.29) is 24.4 Å². The van der Waals surface area contributed by atoms with Crippen LogP contribution in [0.5, 0.6) is 0 Å². The Morgan fingerprint density at radius 3 is 3.00 bits per heavy atom. The van der Waals surface area contributed by atoms with Gasteiger partial charge in [0.05, 0.1) is 43.4 Å². The molecule has 0 spiro atoms. The van der Waals surface area contributed by atoms with Crippen LogP contribution < -0.4 is 16.0 Å². The molecule has 11 nitrogen and oxygen atoms in total. The van der Waals surface area contributed by atoms with E-state index in [1.165, 1.54) is 18.5 Å². The highest BCUT2D eigenvalue weighted by atomic mass is 19.1. The van der Waals surface area contributed by atoms with Crippen molar-refractivity contribution in [3.8, 4) is 0 Å². The maximum atomic E-state index is 13.6. The van der Waals surface area contributed by atoms with Gasteiger partial charge in [-0.05, 0) is 68.1 Å². The summed E-state index contributed by atoms with van der Waals surface area (Å²) in [7, 11) is 0. The van der Waals surface area contributed by atoms with Gasteiger partial charge in [0.2, 0.25) is 0 Å². The molecule has 12 heteroatoms. The van der Waals surface area contributed by atoms with Gasteiger partial charge in [0, 0.05) is 22.7 Å². The molecule has 1 amide bonds. The predicted molar refractivity (Wildman–Crippen MR) is 153 cm³/mol. The number of amides is 1. The van der Waals surface area contributed by atoms with E-state index in [0.29, 0.717) is 30.2 Å². The number of fused-ring (bicyclic) bond motifs is 2. The van der Waals surface area contributed by atoms with Crippen molar-refractivity contribution in [3.05, 3.63) is 78.1 Å². The van der Waals surface area contributed by atoms with Crippen LogP contribution in [0.2, 0.25) is 0 Å². The van der Waals surface area contributed by atoms with E-state index in [2.05, 4.69) is 31.1 Å². The fraction of sp³-hybridized carbons (Fsp3) is 0.310. The quantitative estimate of drug-likeness (QED) is 0.223. The summed E-state index contributed by atoms with van der Waals surface area (Å²) in [4.78, 5) is 17.0. The van der Waals surface area contributed by atoms with Crippen LogP contribution in [0.3, 0.4) is 0 Å². The average Bonchev–Trinajstić information content (AvgIpc) is 3.52. The molecule has 2 atom stereocenters. The summed E-state index contributed by atoms with van der Waals surface area (Å²) in [5, 5.41) is 28.5. The molecule has 0 saturated carbocycles. The molecule has 5 aromatic rings. The molecule has 1 aliphatic rings. The van der Waals surface area contributed by atoms with Crippen molar-refractivity contribution in [1.82, 2.24) is 29.7 Å². The number of carbonyl (C=O) groups excluding carboxylic acids is 1. The number of aryl methyl sites for hydroxylation is 1. The van der Waals surface area contributed by atoms with E-state index in [0.717, 1.165) is 47.1 Å². The third-order valence-electron chi connectivity index (χ3n) is 7.46. The van der Waals surface area contributed by atoms with Crippen LogP contribution >= 0.6 is 0 Å². The first-order chi connectivity index (χ1) is 20.0. The van der Waals surface area contributed by atoms with Gasteiger partial charge in [0.25, 0.3) is 0 Å². The van der Waals surface area contributed by atoms with Crippen LogP contribution in [0.25, 0.3) is 16.4 Å². The zero-order chi connectivity index (χ0) is 28.3. The van der Waals surface area contributed by atoms with Gasteiger partial charge in [-0.15, -0.1) is 0 Å². The molecular weight excluding hydrogens is 527 g/mol. The average molecular weight is 559 g/mol. The molecule has 4 N–H and O–H groups in total. The summed E-state index contributed by atoms with van der Waals surface area (Å²) in [6, 6.07) is 12.4. The molecule has 0 unspecified atom stereocenters. The first kappa shape index (κ1) is 26.7. The van der Waals surface area contributed by atoms with Crippen molar-refractivity contribution in [1.29, 1.82) is 0 Å². The second-order valence-electron chi connectivity index (χ2n) is 10.3. The van der Waals surface area contributed by atoms with Gasteiger partial charge in [-0.25, -0.2) is 18.7 Å². The molecule has 4 heterocycles. The number of aliphatic hydroxyl groups is 1. The fourth-order valence-corrected chi connectivity index (χ4v) is 5.34. The topological polar surface area (TPSA) is 131 Å². The number of ether oxygens (including phenoxy) is 1. The number of hydrogen-bond donors (Lipinski definition) is 4. The van der Waals surface area contributed by atoms with Crippen molar-refractivity contribution in [3.63, 3.8) is 0 Å². The summed E-state index contributed by atoms with van der Waals surface area (Å²) in [6.07, 6.45) is 6.07. The number of aromatic nitrogens is 5. The largest absolute Gasteiger partial charge is 0.449 e.